The predicted molar refractivity (Wildman–Crippen MR) is 162 cm³/mol. The van der Waals surface area contributed by atoms with Crippen LogP contribution in [0.1, 0.15) is 31.8 Å². The second kappa shape index (κ2) is 13.9. The average Bonchev–Trinajstić information content (AvgIpc) is 3.02. The molecular weight excluding hydrogens is 496 g/mol. The molecule has 2 aliphatic rings. The Labute approximate surface area is 237 Å². The minimum absolute atomic E-state index is 0.0376. The molecule has 2 amide bonds. The molecule has 0 spiro atoms. The minimum Gasteiger partial charge on any atom is -0.336 e. The molecule has 0 saturated carbocycles. The summed E-state index contributed by atoms with van der Waals surface area (Å²) in [6.45, 7) is 8.04. The van der Waals surface area contributed by atoms with Crippen molar-refractivity contribution < 1.29 is 9.59 Å². The monoisotopic (exact) mass is 534 g/mol. The SMILES string of the molecule is O=C(c1ccc(C(=O)N2CCN(CC=Cc3ccccc3)CC2)cc1)N1CCN(CC=Cc2ccccc2)CC1. The van der Waals surface area contributed by atoms with E-state index in [0.29, 0.717) is 37.3 Å². The van der Waals surface area contributed by atoms with Crippen molar-refractivity contribution in [3.63, 3.8) is 0 Å². The maximum absolute atomic E-state index is 13.1. The third-order valence-electron chi connectivity index (χ3n) is 7.64. The lowest BCUT2D eigenvalue weighted by Crippen LogP contribution is -2.49. The Bertz CT molecular complexity index is 1190. The number of nitrogens with zero attached hydrogens (tertiary/aromatic N) is 4. The van der Waals surface area contributed by atoms with Crippen LogP contribution in [-0.2, 0) is 0 Å². The van der Waals surface area contributed by atoms with Gasteiger partial charge in [0.05, 0.1) is 0 Å². The lowest BCUT2D eigenvalue weighted by atomic mass is 10.1. The molecule has 0 radical (unpaired) electrons. The highest BCUT2D eigenvalue weighted by molar-refractivity contribution is 5.98. The minimum atomic E-state index is 0.0376. The highest BCUT2D eigenvalue weighted by atomic mass is 16.2. The molecule has 2 aliphatic heterocycles. The van der Waals surface area contributed by atoms with E-state index in [1.165, 1.54) is 11.1 Å². The van der Waals surface area contributed by atoms with Gasteiger partial charge < -0.3 is 9.80 Å². The molecule has 206 valence electrons. The second-order valence-corrected chi connectivity index (χ2v) is 10.4. The summed E-state index contributed by atoms with van der Waals surface area (Å²) in [6, 6.07) is 27.8. The lowest BCUT2D eigenvalue weighted by molar-refractivity contribution is 0.0639. The van der Waals surface area contributed by atoms with Crippen molar-refractivity contribution >= 4 is 24.0 Å². The Morgan fingerprint density at radius 3 is 1.20 bits per heavy atom. The molecule has 0 bridgehead atoms. The third-order valence-corrected chi connectivity index (χ3v) is 7.64. The summed E-state index contributed by atoms with van der Waals surface area (Å²) in [6.07, 6.45) is 8.66. The number of carbonyl (C=O) groups is 2. The van der Waals surface area contributed by atoms with Crippen molar-refractivity contribution in [3.05, 3.63) is 119 Å². The van der Waals surface area contributed by atoms with Gasteiger partial charge in [0.25, 0.3) is 11.8 Å². The Hall–Kier alpha value is -4.00. The molecular formula is C34H38N4O2. The predicted octanol–water partition coefficient (Wildman–Crippen LogP) is 4.63. The summed E-state index contributed by atoms with van der Waals surface area (Å²) in [5, 5.41) is 0. The van der Waals surface area contributed by atoms with Crippen LogP contribution in [0.2, 0.25) is 0 Å². The summed E-state index contributed by atoms with van der Waals surface area (Å²) in [5.41, 5.74) is 3.69. The van der Waals surface area contributed by atoms with Gasteiger partial charge >= 0.3 is 0 Å². The van der Waals surface area contributed by atoms with Gasteiger partial charge in [0.1, 0.15) is 0 Å². The van der Waals surface area contributed by atoms with Crippen molar-refractivity contribution in [2.45, 2.75) is 0 Å². The lowest BCUT2D eigenvalue weighted by Gasteiger charge is -2.34. The van der Waals surface area contributed by atoms with Crippen molar-refractivity contribution in [1.29, 1.82) is 0 Å². The molecule has 0 aliphatic carbocycles. The van der Waals surface area contributed by atoms with E-state index in [0.717, 1.165) is 39.3 Å². The quantitative estimate of drug-likeness (QED) is 0.423. The zero-order valence-electron chi connectivity index (χ0n) is 23.1. The first-order chi connectivity index (χ1) is 19.7. The first-order valence-corrected chi connectivity index (χ1v) is 14.2. The molecule has 0 N–H and O–H groups in total. The van der Waals surface area contributed by atoms with Crippen molar-refractivity contribution in [2.75, 3.05) is 65.4 Å². The molecule has 0 unspecified atom stereocenters. The molecule has 6 heteroatoms. The van der Waals surface area contributed by atoms with Gasteiger partial charge in [-0.15, -0.1) is 0 Å². The fourth-order valence-corrected chi connectivity index (χ4v) is 5.19. The van der Waals surface area contributed by atoms with Gasteiger partial charge in [-0.2, -0.15) is 0 Å². The number of hydrogen-bond acceptors (Lipinski definition) is 4. The van der Waals surface area contributed by atoms with Crippen LogP contribution in [0.5, 0.6) is 0 Å². The summed E-state index contributed by atoms with van der Waals surface area (Å²) in [4.78, 5) is 34.7. The molecule has 0 atom stereocenters. The smallest absolute Gasteiger partial charge is 0.253 e. The number of carbonyl (C=O) groups excluding carboxylic acids is 2. The van der Waals surface area contributed by atoms with E-state index in [9.17, 15) is 9.59 Å². The first kappa shape index (κ1) is 27.6. The summed E-state index contributed by atoms with van der Waals surface area (Å²) in [7, 11) is 0. The van der Waals surface area contributed by atoms with E-state index in [-0.39, 0.29) is 11.8 Å². The molecule has 2 saturated heterocycles. The van der Waals surface area contributed by atoms with Crippen LogP contribution < -0.4 is 0 Å². The highest BCUT2D eigenvalue weighted by Crippen LogP contribution is 2.14. The molecule has 2 fully saturated rings. The standard InChI is InChI=1S/C34H38N4O2/c39-33(37-25-21-35(22-26-37)19-7-13-29-9-3-1-4-10-29)31-15-17-32(18-16-31)34(40)38-27-23-36(24-28-38)20-8-14-30-11-5-2-6-12-30/h1-18H,19-28H2. The maximum atomic E-state index is 13.1. The van der Waals surface area contributed by atoms with Gasteiger partial charge in [-0.1, -0.05) is 85.0 Å². The van der Waals surface area contributed by atoms with Gasteiger partial charge in [-0.05, 0) is 35.4 Å². The van der Waals surface area contributed by atoms with Crippen LogP contribution in [0.25, 0.3) is 12.2 Å². The topological polar surface area (TPSA) is 47.1 Å². The van der Waals surface area contributed by atoms with Gasteiger partial charge in [-0.3, -0.25) is 19.4 Å². The normalized spacial score (nSPS) is 17.1. The van der Waals surface area contributed by atoms with E-state index < -0.39 is 0 Å². The van der Waals surface area contributed by atoms with Crippen molar-refractivity contribution in [3.8, 4) is 0 Å². The molecule has 3 aromatic rings. The fourth-order valence-electron chi connectivity index (χ4n) is 5.19. The van der Waals surface area contributed by atoms with Crippen LogP contribution in [-0.4, -0.2) is 96.9 Å². The number of piperazine rings is 2. The fraction of sp³-hybridized carbons (Fsp3) is 0.294. The second-order valence-electron chi connectivity index (χ2n) is 10.4. The van der Waals surface area contributed by atoms with E-state index in [2.05, 4.69) is 58.4 Å². The average molecular weight is 535 g/mol. The van der Waals surface area contributed by atoms with Crippen LogP contribution in [0.4, 0.5) is 0 Å². The Morgan fingerprint density at radius 2 is 0.850 bits per heavy atom. The zero-order valence-corrected chi connectivity index (χ0v) is 23.1. The van der Waals surface area contributed by atoms with Crippen molar-refractivity contribution in [1.82, 2.24) is 19.6 Å². The van der Waals surface area contributed by atoms with Crippen LogP contribution in [0.15, 0.2) is 97.1 Å². The molecule has 0 aromatic heterocycles. The van der Waals surface area contributed by atoms with Crippen LogP contribution in [0, 0.1) is 0 Å². The highest BCUT2D eigenvalue weighted by Gasteiger charge is 2.24. The zero-order chi connectivity index (χ0) is 27.6. The largest absolute Gasteiger partial charge is 0.336 e. The van der Waals surface area contributed by atoms with Crippen LogP contribution in [0.3, 0.4) is 0 Å². The van der Waals surface area contributed by atoms with E-state index in [1.807, 2.05) is 46.2 Å². The summed E-state index contributed by atoms with van der Waals surface area (Å²) < 4.78 is 0. The van der Waals surface area contributed by atoms with Gasteiger partial charge in [0.15, 0.2) is 0 Å². The van der Waals surface area contributed by atoms with Crippen molar-refractivity contribution in [2.24, 2.45) is 0 Å². The molecule has 5 rings (SSSR count). The number of benzene rings is 3. The molecule has 6 nitrogen and oxygen atoms in total. The maximum Gasteiger partial charge on any atom is 0.253 e. The molecule has 40 heavy (non-hydrogen) atoms. The van der Waals surface area contributed by atoms with E-state index in [4.69, 9.17) is 0 Å². The first-order valence-electron chi connectivity index (χ1n) is 14.2. The number of hydrogen-bond donors (Lipinski definition) is 0. The third kappa shape index (κ3) is 7.56. The summed E-state index contributed by atoms with van der Waals surface area (Å²) >= 11 is 0. The summed E-state index contributed by atoms with van der Waals surface area (Å²) in [5.74, 6) is 0.0753. The van der Waals surface area contributed by atoms with Gasteiger partial charge in [-0.25, -0.2) is 0 Å². The Balaban J connectivity index is 1.05. The van der Waals surface area contributed by atoms with Gasteiger partial charge in [0, 0.05) is 76.6 Å². The number of rotatable bonds is 8. The Morgan fingerprint density at radius 1 is 0.500 bits per heavy atom. The number of amides is 2. The van der Waals surface area contributed by atoms with E-state index >= 15 is 0 Å². The van der Waals surface area contributed by atoms with Crippen LogP contribution >= 0.6 is 0 Å². The molecule has 2 heterocycles. The Kier molecular flexibility index (Phi) is 9.56. The molecule has 3 aromatic carbocycles. The van der Waals surface area contributed by atoms with E-state index in [1.54, 1.807) is 24.3 Å². The van der Waals surface area contributed by atoms with Gasteiger partial charge in [0.2, 0.25) is 0 Å².